The van der Waals surface area contributed by atoms with Gasteiger partial charge in [0.15, 0.2) is 0 Å². The van der Waals surface area contributed by atoms with Crippen LogP contribution in [0.3, 0.4) is 0 Å². The van der Waals surface area contributed by atoms with E-state index in [4.69, 9.17) is 4.74 Å². The molecule has 1 aromatic carbocycles. The van der Waals surface area contributed by atoms with Crippen LogP contribution in [0, 0.1) is 6.92 Å². The summed E-state index contributed by atoms with van der Waals surface area (Å²) in [6.07, 6.45) is 4.19. The van der Waals surface area contributed by atoms with Gasteiger partial charge >= 0.3 is 0 Å². The van der Waals surface area contributed by atoms with Crippen molar-refractivity contribution in [3.8, 4) is 5.75 Å². The van der Waals surface area contributed by atoms with Crippen LogP contribution in [0.2, 0.25) is 0 Å². The van der Waals surface area contributed by atoms with Gasteiger partial charge < -0.3 is 15.2 Å². The van der Waals surface area contributed by atoms with Gasteiger partial charge in [0.2, 0.25) is 0 Å². The van der Waals surface area contributed by atoms with Gasteiger partial charge in [0, 0.05) is 12.6 Å². The Bertz CT molecular complexity index is 367. The summed E-state index contributed by atoms with van der Waals surface area (Å²) in [6, 6.07) is 8.32. The van der Waals surface area contributed by atoms with E-state index in [9.17, 15) is 5.11 Å². The Morgan fingerprint density at radius 3 is 2.94 bits per heavy atom. The van der Waals surface area contributed by atoms with Gasteiger partial charge in [0.05, 0.1) is 6.10 Å². The van der Waals surface area contributed by atoms with E-state index in [0.29, 0.717) is 6.61 Å². The molecule has 100 valence electrons. The predicted octanol–water partition coefficient (Wildman–Crippen LogP) is 2.27. The number of aryl methyl sites for hydroxylation is 1. The van der Waals surface area contributed by atoms with Crippen LogP contribution in [-0.4, -0.2) is 30.4 Å². The van der Waals surface area contributed by atoms with Crippen LogP contribution in [0.15, 0.2) is 24.3 Å². The lowest BCUT2D eigenvalue weighted by Crippen LogP contribution is -2.43. The molecule has 0 spiro atoms. The molecule has 2 rings (SSSR count). The van der Waals surface area contributed by atoms with Gasteiger partial charge in [-0.05, 0) is 37.5 Å². The van der Waals surface area contributed by atoms with Crippen LogP contribution in [0.5, 0.6) is 5.75 Å². The molecule has 1 aliphatic rings. The molecule has 0 saturated heterocycles. The average molecular weight is 249 g/mol. The van der Waals surface area contributed by atoms with Gasteiger partial charge in [-0.25, -0.2) is 0 Å². The second-order valence-electron chi connectivity index (χ2n) is 5.08. The highest BCUT2D eigenvalue weighted by atomic mass is 16.5. The van der Waals surface area contributed by atoms with Gasteiger partial charge in [0.1, 0.15) is 12.4 Å². The fourth-order valence-electron chi connectivity index (χ4n) is 2.47. The van der Waals surface area contributed by atoms with E-state index in [-0.39, 0.29) is 12.1 Å². The molecule has 0 aliphatic heterocycles. The van der Waals surface area contributed by atoms with E-state index in [0.717, 1.165) is 31.6 Å². The minimum atomic E-state index is -0.183. The normalized spacial score (nSPS) is 23.9. The van der Waals surface area contributed by atoms with Crippen LogP contribution >= 0.6 is 0 Å². The van der Waals surface area contributed by atoms with E-state index < -0.39 is 0 Å². The Balaban J connectivity index is 1.66. The number of aliphatic hydroxyl groups excluding tert-OH is 1. The third-order valence-corrected chi connectivity index (χ3v) is 3.50. The van der Waals surface area contributed by atoms with Crippen LogP contribution < -0.4 is 10.1 Å². The van der Waals surface area contributed by atoms with E-state index in [1.54, 1.807) is 0 Å². The minimum absolute atomic E-state index is 0.183. The third kappa shape index (κ3) is 4.00. The van der Waals surface area contributed by atoms with Crippen molar-refractivity contribution in [1.82, 2.24) is 5.32 Å². The van der Waals surface area contributed by atoms with Crippen molar-refractivity contribution in [3.05, 3.63) is 29.8 Å². The smallest absolute Gasteiger partial charge is 0.119 e. The van der Waals surface area contributed by atoms with Crippen LogP contribution in [0.1, 0.15) is 31.2 Å². The fourth-order valence-corrected chi connectivity index (χ4v) is 2.47. The quantitative estimate of drug-likeness (QED) is 0.787. The highest BCUT2D eigenvalue weighted by Gasteiger charge is 2.21. The number of ether oxygens (including phenoxy) is 1. The average Bonchev–Trinajstić information content (AvgIpc) is 2.37. The van der Waals surface area contributed by atoms with Crippen molar-refractivity contribution < 1.29 is 9.84 Å². The largest absolute Gasteiger partial charge is 0.492 e. The Labute approximate surface area is 109 Å². The maximum Gasteiger partial charge on any atom is 0.119 e. The van der Waals surface area contributed by atoms with Crippen LogP contribution in [0.25, 0.3) is 0 Å². The lowest BCUT2D eigenvalue weighted by atomic mass is 9.93. The monoisotopic (exact) mass is 249 g/mol. The Kier molecular flexibility index (Phi) is 5.02. The molecule has 0 unspecified atom stereocenters. The number of hydrogen-bond acceptors (Lipinski definition) is 3. The highest BCUT2D eigenvalue weighted by molar-refractivity contribution is 5.27. The molecule has 3 nitrogen and oxygen atoms in total. The lowest BCUT2D eigenvalue weighted by molar-refractivity contribution is 0.0890. The number of aliphatic hydroxyl groups is 1. The molecule has 0 amide bonds. The van der Waals surface area contributed by atoms with Gasteiger partial charge in [0.25, 0.3) is 0 Å². The van der Waals surface area contributed by atoms with E-state index >= 15 is 0 Å². The van der Waals surface area contributed by atoms with Crippen molar-refractivity contribution in [2.75, 3.05) is 13.2 Å². The molecule has 1 fully saturated rings. The first-order valence-corrected chi connectivity index (χ1v) is 6.86. The summed E-state index contributed by atoms with van der Waals surface area (Å²) in [5, 5.41) is 13.2. The molecule has 3 heteroatoms. The summed E-state index contributed by atoms with van der Waals surface area (Å²) in [4.78, 5) is 0. The summed E-state index contributed by atoms with van der Waals surface area (Å²) >= 11 is 0. The van der Waals surface area contributed by atoms with E-state index in [1.165, 1.54) is 12.0 Å². The minimum Gasteiger partial charge on any atom is -0.492 e. The zero-order valence-electron chi connectivity index (χ0n) is 11.1. The zero-order valence-corrected chi connectivity index (χ0v) is 11.1. The van der Waals surface area contributed by atoms with Gasteiger partial charge in [-0.15, -0.1) is 0 Å². The molecule has 1 aromatic rings. The third-order valence-electron chi connectivity index (χ3n) is 3.50. The molecular weight excluding hydrogens is 226 g/mol. The summed E-state index contributed by atoms with van der Waals surface area (Å²) in [5.41, 5.74) is 1.21. The second kappa shape index (κ2) is 6.76. The van der Waals surface area contributed by atoms with Gasteiger partial charge in [-0.2, -0.15) is 0 Å². The SMILES string of the molecule is Cc1cccc(OCCN[C@@H]2CCCC[C@H]2O)c1. The van der Waals surface area contributed by atoms with Gasteiger partial charge in [-0.1, -0.05) is 25.0 Å². The number of rotatable bonds is 5. The van der Waals surface area contributed by atoms with Gasteiger partial charge in [-0.3, -0.25) is 0 Å². The molecule has 0 radical (unpaired) electrons. The molecule has 2 atom stereocenters. The van der Waals surface area contributed by atoms with E-state index in [2.05, 4.69) is 18.3 Å². The summed E-state index contributed by atoms with van der Waals surface area (Å²) in [7, 11) is 0. The molecule has 0 bridgehead atoms. The summed E-state index contributed by atoms with van der Waals surface area (Å²) in [5.74, 6) is 0.918. The molecule has 2 N–H and O–H groups in total. The standard InChI is InChI=1S/C15H23NO2/c1-12-5-4-6-13(11-12)18-10-9-16-14-7-2-3-8-15(14)17/h4-6,11,14-17H,2-3,7-10H2,1H3/t14-,15-/m1/s1. The van der Waals surface area contributed by atoms with Crippen molar-refractivity contribution >= 4 is 0 Å². The molecule has 1 aliphatic carbocycles. The summed E-state index contributed by atoms with van der Waals surface area (Å²) < 4.78 is 5.67. The molecule has 1 saturated carbocycles. The fraction of sp³-hybridized carbons (Fsp3) is 0.600. The number of nitrogens with one attached hydrogen (secondary N) is 1. The maximum atomic E-state index is 9.82. The first kappa shape index (κ1) is 13.4. The molecule has 18 heavy (non-hydrogen) atoms. The van der Waals surface area contributed by atoms with E-state index in [1.807, 2.05) is 18.2 Å². The second-order valence-corrected chi connectivity index (χ2v) is 5.08. The number of hydrogen-bond donors (Lipinski definition) is 2. The van der Waals surface area contributed by atoms with Crippen LogP contribution in [0.4, 0.5) is 0 Å². The number of benzene rings is 1. The first-order valence-electron chi connectivity index (χ1n) is 6.86. The predicted molar refractivity (Wildman–Crippen MR) is 72.9 cm³/mol. The zero-order chi connectivity index (χ0) is 12.8. The molecular formula is C15H23NO2. The first-order chi connectivity index (χ1) is 8.75. The highest BCUT2D eigenvalue weighted by Crippen LogP contribution is 2.18. The maximum absolute atomic E-state index is 9.82. The Morgan fingerprint density at radius 2 is 2.17 bits per heavy atom. The van der Waals surface area contributed by atoms with Crippen molar-refractivity contribution in [2.45, 2.75) is 44.8 Å². The Hall–Kier alpha value is -1.06. The molecule has 0 aromatic heterocycles. The lowest BCUT2D eigenvalue weighted by Gasteiger charge is -2.28. The van der Waals surface area contributed by atoms with Crippen molar-refractivity contribution in [1.29, 1.82) is 0 Å². The van der Waals surface area contributed by atoms with Crippen LogP contribution in [-0.2, 0) is 0 Å². The topological polar surface area (TPSA) is 41.5 Å². The molecule has 0 heterocycles. The van der Waals surface area contributed by atoms with Crippen molar-refractivity contribution in [3.63, 3.8) is 0 Å². The summed E-state index contributed by atoms with van der Waals surface area (Å²) in [6.45, 7) is 3.49. The van der Waals surface area contributed by atoms with Crippen molar-refractivity contribution in [2.24, 2.45) is 0 Å². The Morgan fingerprint density at radius 1 is 1.33 bits per heavy atom.